The van der Waals surface area contributed by atoms with Crippen molar-refractivity contribution in [2.24, 2.45) is 4.99 Å². The van der Waals surface area contributed by atoms with Crippen LogP contribution < -0.4 is 15.4 Å². The summed E-state index contributed by atoms with van der Waals surface area (Å²) in [4.78, 5) is 4.87. The molecule has 2 aromatic rings. The zero-order valence-corrected chi connectivity index (χ0v) is 18.3. The summed E-state index contributed by atoms with van der Waals surface area (Å²) in [6.07, 6.45) is 2.23. The summed E-state index contributed by atoms with van der Waals surface area (Å²) in [6, 6.07) is 14.9. The third-order valence-corrected chi connectivity index (χ3v) is 6.77. The highest BCUT2D eigenvalue weighted by Gasteiger charge is 2.44. The van der Waals surface area contributed by atoms with E-state index in [0.717, 1.165) is 36.5 Å². The Bertz CT molecular complexity index is 988. The second kappa shape index (κ2) is 9.15. The van der Waals surface area contributed by atoms with Crippen LogP contribution in [0.4, 0.5) is 0 Å². The molecule has 1 saturated carbocycles. The van der Waals surface area contributed by atoms with Gasteiger partial charge in [-0.15, -0.1) is 0 Å². The number of nitrogens with one attached hydrogen (secondary N) is 3. The smallest absolute Gasteiger partial charge is 0.240 e. The Morgan fingerprint density at radius 3 is 2.55 bits per heavy atom. The zero-order valence-electron chi connectivity index (χ0n) is 16.7. The van der Waals surface area contributed by atoms with E-state index in [4.69, 9.17) is 11.6 Å². The number of hydrogen-bond donors (Lipinski definition) is 3. The first-order chi connectivity index (χ1) is 13.9. The molecule has 0 saturated heterocycles. The molecule has 156 valence electrons. The lowest BCUT2D eigenvalue weighted by Gasteiger charge is -2.19. The molecular weight excluding hydrogens is 408 g/mol. The van der Waals surface area contributed by atoms with Crippen LogP contribution in [0.3, 0.4) is 0 Å². The molecule has 3 N–H and O–H groups in total. The molecule has 8 heteroatoms. The van der Waals surface area contributed by atoms with E-state index in [1.54, 1.807) is 18.2 Å². The standard InChI is InChI=1S/C21H27ClN4O2S/c1-3-24-20(25-14-16-6-4-9-19(12-16)29(27,28)23-2)26-15-21(10-11-21)17-7-5-8-18(22)13-17/h4-9,12-13,23H,3,10-11,14-15H2,1-2H3,(H2,24,25,26). The van der Waals surface area contributed by atoms with E-state index in [1.165, 1.54) is 12.6 Å². The van der Waals surface area contributed by atoms with Gasteiger partial charge in [0.15, 0.2) is 5.96 Å². The molecule has 0 heterocycles. The minimum atomic E-state index is -3.47. The number of sulfonamides is 1. The van der Waals surface area contributed by atoms with Gasteiger partial charge in [-0.1, -0.05) is 35.9 Å². The molecule has 1 aliphatic rings. The minimum absolute atomic E-state index is 0.0991. The number of hydrogen-bond acceptors (Lipinski definition) is 3. The summed E-state index contributed by atoms with van der Waals surface area (Å²) in [5.41, 5.74) is 2.18. The number of benzene rings is 2. The van der Waals surface area contributed by atoms with Crippen molar-refractivity contribution in [3.63, 3.8) is 0 Å². The molecular formula is C21H27ClN4O2S. The molecule has 0 atom stereocenters. The number of aliphatic imine (C=N–C) groups is 1. The predicted octanol–water partition coefficient (Wildman–Crippen LogP) is 3.04. The fourth-order valence-electron chi connectivity index (χ4n) is 3.23. The lowest BCUT2D eigenvalue weighted by Crippen LogP contribution is -2.41. The molecule has 0 spiro atoms. The topological polar surface area (TPSA) is 82.6 Å². The molecule has 0 bridgehead atoms. The first-order valence-electron chi connectivity index (χ1n) is 9.69. The summed E-state index contributed by atoms with van der Waals surface area (Å²) < 4.78 is 26.3. The van der Waals surface area contributed by atoms with Gasteiger partial charge in [0, 0.05) is 23.5 Å². The fraction of sp³-hybridized carbons (Fsp3) is 0.381. The second-order valence-electron chi connectivity index (χ2n) is 7.19. The molecule has 6 nitrogen and oxygen atoms in total. The van der Waals surface area contributed by atoms with Crippen molar-refractivity contribution in [1.82, 2.24) is 15.4 Å². The summed E-state index contributed by atoms with van der Waals surface area (Å²) in [5.74, 6) is 0.711. The Morgan fingerprint density at radius 1 is 1.14 bits per heavy atom. The minimum Gasteiger partial charge on any atom is -0.357 e. The Labute approximate surface area is 177 Å². The van der Waals surface area contributed by atoms with Gasteiger partial charge in [0.25, 0.3) is 0 Å². The van der Waals surface area contributed by atoms with Crippen molar-refractivity contribution in [2.75, 3.05) is 20.1 Å². The molecule has 29 heavy (non-hydrogen) atoms. The van der Waals surface area contributed by atoms with Gasteiger partial charge in [-0.05, 0) is 62.2 Å². The lowest BCUT2D eigenvalue weighted by molar-refractivity contribution is 0.588. The van der Waals surface area contributed by atoms with Crippen LogP contribution in [0, 0.1) is 0 Å². The number of halogens is 1. The van der Waals surface area contributed by atoms with Crippen LogP contribution in [0.5, 0.6) is 0 Å². The molecule has 0 amide bonds. The van der Waals surface area contributed by atoms with Crippen molar-refractivity contribution in [3.8, 4) is 0 Å². The average Bonchev–Trinajstić information content (AvgIpc) is 3.51. The van der Waals surface area contributed by atoms with Crippen LogP contribution in [-0.4, -0.2) is 34.5 Å². The van der Waals surface area contributed by atoms with Crippen molar-refractivity contribution in [1.29, 1.82) is 0 Å². The molecule has 3 rings (SSSR count). The fourth-order valence-corrected chi connectivity index (χ4v) is 4.22. The largest absolute Gasteiger partial charge is 0.357 e. The highest BCUT2D eigenvalue weighted by Crippen LogP contribution is 2.48. The highest BCUT2D eigenvalue weighted by atomic mass is 35.5. The van der Waals surface area contributed by atoms with E-state index in [1.807, 2.05) is 31.2 Å². The maximum Gasteiger partial charge on any atom is 0.240 e. The maximum absolute atomic E-state index is 12.0. The van der Waals surface area contributed by atoms with Gasteiger partial charge in [0.1, 0.15) is 0 Å². The van der Waals surface area contributed by atoms with Gasteiger partial charge < -0.3 is 10.6 Å². The highest BCUT2D eigenvalue weighted by molar-refractivity contribution is 7.89. The molecule has 0 aliphatic heterocycles. The van der Waals surface area contributed by atoms with Gasteiger partial charge in [0.2, 0.25) is 10.0 Å². The summed E-state index contributed by atoms with van der Waals surface area (Å²) >= 11 is 6.16. The van der Waals surface area contributed by atoms with Gasteiger partial charge in [0.05, 0.1) is 11.4 Å². The Balaban J connectivity index is 1.69. The normalized spacial score (nSPS) is 15.8. The van der Waals surface area contributed by atoms with Crippen molar-refractivity contribution >= 4 is 27.6 Å². The predicted molar refractivity (Wildman–Crippen MR) is 118 cm³/mol. The summed E-state index contributed by atoms with van der Waals surface area (Å²) in [5, 5.41) is 7.44. The van der Waals surface area contributed by atoms with Crippen LogP contribution in [0.1, 0.15) is 30.9 Å². The van der Waals surface area contributed by atoms with Crippen LogP contribution >= 0.6 is 11.6 Å². The third kappa shape index (κ3) is 5.50. The van der Waals surface area contributed by atoms with E-state index >= 15 is 0 Å². The third-order valence-electron chi connectivity index (χ3n) is 5.13. The van der Waals surface area contributed by atoms with Crippen LogP contribution in [0.25, 0.3) is 0 Å². The van der Waals surface area contributed by atoms with Crippen LogP contribution in [0.2, 0.25) is 5.02 Å². The van der Waals surface area contributed by atoms with Gasteiger partial charge in [-0.3, -0.25) is 0 Å². The van der Waals surface area contributed by atoms with Crippen LogP contribution in [0.15, 0.2) is 58.4 Å². The average molecular weight is 435 g/mol. The molecule has 0 radical (unpaired) electrons. The molecule has 1 aliphatic carbocycles. The summed E-state index contributed by atoms with van der Waals surface area (Å²) in [7, 11) is -2.06. The number of nitrogens with zero attached hydrogens (tertiary/aromatic N) is 1. The molecule has 1 fully saturated rings. The zero-order chi connectivity index (χ0) is 20.9. The van der Waals surface area contributed by atoms with E-state index < -0.39 is 10.0 Å². The Morgan fingerprint density at radius 2 is 1.90 bits per heavy atom. The van der Waals surface area contributed by atoms with Crippen molar-refractivity contribution in [3.05, 3.63) is 64.7 Å². The van der Waals surface area contributed by atoms with Crippen molar-refractivity contribution < 1.29 is 8.42 Å². The van der Waals surface area contributed by atoms with Crippen LogP contribution in [-0.2, 0) is 22.0 Å². The number of guanidine groups is 1. The Hall–Kier alpha value is -2.09. The lowest BCUT2D eigenvalue weighted by atomic mass is 9.96. The van der Waals surface area contributed by atoms with Gasteiger partial charge in [-0.25, -0.2) is 18.1 Å². The van der Waals surface area contributed by atoms with E-state index in [9.17, 15) is 8.42 Å². The second-order valence-corrected chi connectivity index (χ2v) is 9.52. The first kappa shape index (κ1) is 21.6. The Kier molecular flexibility index (Phi) is 6.82. The molecule has 0 aromatic heterocycles. The quantitative estimate of drug-likeness (QED) is 0.440. The maximum atomic E-state index is 12.0. The first-order valence-corrected chi connectivity index (χ1v) is 11.6. The summed E-state index contributed by atoms with van der Waals surface area (Å²) in [6.45, 7) is 3.91. The molecule has 0 unspecified atom stereocenters. The molecule has 2 aromatic carbocycles. The van der Waals surface area contributed by atoms with Gasteiger partial charge >= 0.3 is 0 Å². The van der Waals surface area contributed by atoms with E-state index in [2.05, 4.69) is 26.4 Å². The van der Waals surface area contributed by atoms with Gasteiger partial charge in [-0.2, -0.15) is 0 Å². The van der Waals surface area contributed by atoms with E-state index in [0.29, 0.717) is 12.5 Å². The van der Waals surface area contributed by atoms with Crippen molar-refractivity contribution in [2.45, 2.75) is 36.6 Å². The SMILES string of the molecule is CCNC(=NCc1cccc(S(=O)(=O)NC)c1)NCC1(c2cccc(Cl)c2)CC1. The monoisotopic (exact) mass is 434 g/mol. The van der Waals surface area contributed by atoms with E-state index in [-0.39, 0.29) is 10.3 Å². The number of rotatable bonds is 8.